The molecule has 0 spiro atoms. The van der Waals surface area contributed by atoms with Crippen LogP contribution in [0.5, 0.6) is 0 Å². The molecule has 1 atom stereocenters. The summed E-state index contributed by atoms with van der Waals surface area (Å²) >= 11 is 0. The Bertz CT molecular complexity index is 365. The predicted octanol–water partition coefficient (Wildman–Crippen LogP) is 2.20. The van der Waals surface area contributed by atoms with E-state index in [1.54, 1.807) is 6.92 Å². The molecule has 0 fully saturated rings. The maximum atomic E-state index is 9.71. The number of hydrogen-bond acceptors (Lipinski definition) is 3. The molecule has 0 saturated heterocycles. The highest BCUT2D eigenvalue weighted by Crippen LogP contribution is 2.14. The summed E-state index contributed by atoms with van der Waals surface area (Å²) in [5.41, 5.74) is 1.90. The van der Waals surface area contributed by atoms with Crippen LogP contribution in [-0.4, -0.2) is 40.4 Å². The van der Waals surface area contributed by atoms with E-state index in [9.17, 15) is 10.2 Å². The van der Waals surface area contributed by atoms with Crippen molar-refractivity contribution in [3.63, 3.8) is 0 Å². The first kappa shape index (κ1) is 16.2. The van der Waals surface area contributed by atoms with Crippen LogP contribution in [0.1, 0.15) is 38.3 Å². The number of benzene rings is 1. The first-order valence-electron chi connectivity index (χ1n) is 6.93. The molecule has 0 heterocycles. The van der Waals surface area contributed by atoms with Gasteiger partial charge in [0, 0.05) is 13.1 Å². The van der Waals surface area contributed by atoms with E-state index < -0.39 is 5.60 Å². The molecule has 0 aliphatic carbocycles. The maximum Gasteiger partial charge on any atom is 0.0639 e. The minimum atomic E-state index is -0.601. The molecule has 3 nitrogen and oxygen atoms in total. The van der Waals surface area contributed by atoms with Crippen LogP contribution in [0.4, 0.5) is 0 Å². The minimum absolute atomic E-state index is 0.295. The van der Waals surface area contributed by atoms with Gasteiger partial charge in [-0.05, 0) is 51.8 Å². The van der Waals surface area contributed by atoms with Crippen LogP contribution in [0.3, 0.4) is 0 Å². The van der Waals surface area contributed by atoms with E-state index in [1.165, 1.54) is 11.1 Å². The van der Waals surface area contributed by atoms with E-state index >= 15 is 0 Å². The summed E-state index contributed by atoms with van der Waals surface area (Å²) < 4.78 is 0. The Morgan fingerprint density at radius 2 is 1.68 bits per heavy atom. The molecule has 0 bridgehead atoms. The fourth-order valence-corrected chi connectivity index (χ4v) is 2.09. The normalized spacial score (nSPS) is 13.8. The molecule has 0 aliphatic rings. The van der Waals surface area contributed by atoms with Crippen molar-refractivity contribution in [3.8, 4) is 0 Å². The summed E-state index contributed by atoms with van der Waals surface area (Å²) in [6, 6.07) is 8.49. The van der Waals surface area contributed by atoms with E-state index in [-0.39, 0.29) is 6.10 Å². The lowest BCUT2D eigenvalue weighted by Gasteiger charge is -2.19. The molecule has 3 heteroatoms. The molecule has 0 aliphatic heterocycles. The molecule has 1 aromatic carbocycles. The zero-order chi connectivity index (χ0) is 14.5. The summed E-state index contributed by atoms with van der Waals surface area (Å²) in [4.78, 5) is 2.11. The van der Waals surface area contributed by atoms with Gasteiger partial charge in [-0.25, -0.2) is 0 Å². The van der Waals surface area contributed by atoms with Gasteiger partial charge in [0.2, 0.25) is 0 Å². The van der Waals surface area contributed by atoms with Crippen molar-refractivity contribution < 1.29 is 10.2 Å². The van der Waals surface area contributed by atoms with Crippen molar-refractivity contribution in [3.05, 3.63) is 35.4 Å². The Kier molecular flexibility index (Phi) is 5.98. The molecule has 19 heavy (non-hydrogen) atoms. The van der Waals surface area contributed by atoms with Crippen LogP contribution in [0.15, 0.2) is 24.3 Å². The zero-order valence-corrected chi connectivity index (χ0v) is 12.6. The molecule has 2 N–H and O–H groups in total. The molecular formula is C16H27NO2. The third kappa shape index (κ3) is 7.31. The molecular weight excluding hydrogens is 238 g/mol. The molecule has 0 aromatic heterocycles. The smallest absolute Gasteiger partial charge is 0.0639 e. The van der Waals surface area contributed by atoms with Crippen LogP contribution in [-0.2, 0) is 13.0 Å². The SMILES string of the molecule is CC(O)CN(C)Cc1ccc(CCC(C)(C)O)cc1. The summed E-state index contributed by atoms with van der Waals surface area (Å²) in [6.07, 6.45) is 1.37. The highest BCUT2D eigenvalue weighted by molar-refractivity contribution is 5.22. The quantitative estimate of drug-likeness (QED) is 0.794. The summed E-state index contributed by atoms with van der Waals surface area (Å²) in [5, 5.41) is 19.0. The Labute approximate surface area is 116 Å². The second kappa shape index (κ2) is 7.04. The number of aryl methyl sites for hydroxylation is 1. The average molecular weight is 265 g/mol. The average Bonchev–Trinajstić information content (AvgIpc) is 2.26. The van der Waals surface area contributed by atoms with Crippen molar-refractivity contribution in [2.75, 3.05) is 13.6 Å². The number of aliphatic hydroxyl groups excluding tert-OH is 1. The summed E-state index contributed by atoms with van der Waals surface area (Å²) in [6.45, 7) is 7.01. The van der Waals surface area contributed by atoms with Gasteiger partial charge in [-0.1, -0.05) is 24.3 Å². The summed E-state index contributed by atoms with van der Waals surface area (Å²) in [5.74, 6) is 0. The highest BCUT2D eigenvalue weighted by atomic mass is 16.3. The maximum absolute atomic E-state index is 9.71. The standard InChI is InChI=1S/C16H27NO2/c1-13(18)11-17(4)12-15-7-5-14(6-8-15)9-10-16(2,3)19/h5-8,13,18-19H,9-12H2,1-4H3. The Balaban J connectivity index is 2.47. The summed E-state index contributed by atoms with van der Waals surface area (Å²) in [7, 11) is 2.01. The highest BCUT2D eigenvalue weighted by Gasteiger charge is 2.12. The van der Waals surface area contributed by atoms with Gasteiger partial charge in [0.05, 0.1) is 11.7 Å². The van der Waals surface area contributed by atoms with Gasteiger partial charge in [0.15, 0.2) is 0 Å². The molecule has 1 aromatic rings. The number of aliphatic hydroxyl groups is 2. The van der Waals surface area contributed by atoms with E-state index in [1.807, 2.05) is 20.9 Å². The predicted molar refractivity (Wildman–Crippen MR) is 79.1 cm³/mol. The third-order valence-electron chi connectivity index (χ3n) is 3.08. The lowest BCUT2D eigenvalue weighted by Crippen LogP contribution is -2.26. The Morgan fingerprint density at radius 3 is 2.16 bits per heavy atom. The topological polar surface area (TPSA) is 43.7 Å². The molecule has 0 saturated carbocycles. The fraction of sp³-hybridized carbons (Fsp3) is 0.625. The number of rotatable bonds is 7. The fourth-order valence-electron chi connectivity index (χ4n) is 2.09. The van der Waals surface area contributed by atoms with Gasteiger partial charge in [0.25, 0.3) is 0 Å². The monoisotopic (exact) mass is 265 g/mol. The first-order valence-corrected chi connectivity index (χ1v) is 6.93. The van der Waals surface area contributed by atoms with Crippen molar-refractivity contribution in [1.29, 1.82) is 0 Å². The van der Waals surface area contributed by atoms with Crippen molar-refractivity contribution in [1.82, 2.24) is 4.90 Å². The molecule has 1 rings (SSSR count). The van der Waals surface area contributed by atoms with E-state index in [2.05, 4.69) is 29.2 Å². The number of likely N-dealkylation sites (N-methyl/N-ethyl adjacent to an activating group) is 1. The lowest BCUT2D eigenvalue weighted by molar-refractivity contribution is 0.0714. The molecule has 108 valence electrons. The number of hydrogen-bond donors (Lipinski definition) is 2. The van der Waals surface area contributed by atoms with Gasteiger partial charge in [-0.15, -0.1) is 0 Å². The molecule has 0 radical (unpaired) electrons. The van der Waals surface area contributed by atoms with Crippen LogP contribution in [0.25, 0.3) is 0 Å². The second-order valence-corrected chi connectivity index (χ2v) is 6.17. The van der Waals surface area contributed by atoms with E-state index in [0.717, 1.165) is 19.4 Å². The number of nitrogens with zero attached hydrogens (tertiary/aromatic N) is 1. The lowest BCUT2D eigenvalue weighted by atomic mass is 9.98. The minimum Gasteiger partial charge on any atom is -0.392 e. The Morgan fingerprint density at radius 1 is 1.16 bits per heavy atom. The van der Waals surface area contributed by atoms with Crippen molar-refractivity contribution in [2.45, 2.75) is 51.9 Å². The van der Waals surface area contributed by atoms with E-state index in [4.69, 9.17) is 0 Å². The third-order valence-corrected chi connectivity index (χ3v) is 3.08. The zero-order valence-electron chi connectivity index (χ0n) is 12.6. The van der Waals surface area contributed by atoms with Crippen molar-refractivity contribution in [2.24, 2.45) is 0 Å². The van der Waals surface area contributed by atoms with Gasteiger partial charge in [-0.3, -0.25) is 4.90 Å². The van der Waals surface area contributed by atoms with Gasteiger partial charge >= 0.3 is 0 Å². The van der Waals surface area contributed by atoms with Crippen molar-refractivity contribution >= 4 is 0 Å². The molecule has 1 unspecified atom stereocenters. The largest absolute Gasteiger partial charge is 0.392 e. The van der Waals surface area contributed by atoms with E-state index in [0.29, 0.717) is 6.54 Å². The van der Waals surface area contributed by atoms with Crippen LogP contribution < -0.4 is 0 Å². The van der Waals surface area contributed by atoms with Crippen LogP contribution >= 0.6 is 0 Å². The Hall–Kier alpha value is -0.900. The van der Waals surface area contributed by atoms with Gasteiger partial charge in [-0.2, -0.15) is 0 Å². The molecule has 0 amide bonds. The van der Waals surface area contributed by atoms with Crippen LogP contribution in [0.2, 0.25) is 0 Å². The van der Waals surface area contributed by atoms with Gasteiger partial charge in [0.1, 0.15) is 0 Å². The van der Waals surface area contributed by atoms with Crippen LogP contribution in [0, 0.1) is 0 Å². The first-order chi connectivity index (χ1) is 8.76. The van der Waals surface area contributed by atoms with Gasteiger partial charge < -0.3 is 10.2 Å². The second-order valence-electron chi connectivity index (χ2n) is 6.17.